The Hall–Kier alpha value is -0.900. The molecule has 0 aliphatic carbocycles. The van der Waals surface area contributed by atoms with Gasteiger partial charge in [0.2, 0.25) is 0 Å². The van der Waals surface area contributed by atoms with Crippen LogP contribution in [0.2, 0.25) is 0 Å². The zero-order valence-corrected chi connectivity index (χ0v) is 10.0. The van der Waals surface area contributed by atoms with Gasteiger partial charge in [-0.2, -0.15) is 0 Å². The number of halogens is 2. The van der Waals surface area contributed by atoms with Crippen molar-refractivity contribution in [2.75, 3.05) is 0 Å². The lowest BCUT2D eigenvalue weighted by Gasteiger charge is -2.32. The van der Waals surface area contributed by atoms with Gasteiger partial charge in [0, 0.05) is 0 Å². The van der Waals surface area contributed by atoms with E-state index in [9.17, 15) is 9.18 Å². The van der Waals surface area contributed by atoms with Crippen molar-refractivity contribution in [3.8, 4) is 5.75 Å². The SMILES string of the molecule is CC1(C)CC(=O)c2cc(F)cc(Br)c2O1. The van der Waals surface area contributed by atoms with E-state index in [-0.39, 0.29) is 12.2 Å². The molecule has 80 valence electrons. The van der Waals surface area contributed by atoms with Crippen LogP contribution < -0.4 is 4.74 Å². The number of hydrogen-bond donors (Lipinski definition) is 0. The smallest absolute Gasteiger partial charge is 0.170 e. The standard InChI is InChI=1S/C11H10BrFO2/c1-11(2)5-9(14)7-3-6(13)4-8(12)10(7)15-11/h3-4H,5H2,1-2H3. The molecule has 0 amide bonds. The third-order valence-corrected chi connectivity index (χ3v) is 2.86. The molecule has 1 aliphatic heterocycles. The lowest BCUT2D eigenvalue weighted by Crippen LogP contribution is -2.36. The minimum Gasteiger partial charge on any atom is -0.485 e. The van der Waals surface area contributed by atoms with Gasteiger partial charge in [0.1, 0.15) is 17.2 Å². The van der Waals surface area contributed by atoms with E-state index in [1.165, 1.54) is 12.1 Å². The van der Waals surface area contributed by atoms with Gasteiger partial charge in [-0.25, -0.2) is 4.39 Å². The van der Waals surface area contributed by atoms with Crippen LogP contribution >= 0.6 is 15.9 Å². The quantitative estimate of drug-likeness (QED) is 0.724. The Morgan fingerprint density at radius 3 is 2.80 bits per heavy atom. The van der Waals surface area contributed by atoms with E-state index < -0.39 is 11.4 Å². The van der Waals surface area contributed by atoms with Gasteiger partial charge in [-0.1, -0.05) is 0 Å². The molecule has 0 aromatic heterocycles. The molecule has 2 nitrogen and oxygen atoms in total. The van der Waals surface area contributed by atoms with Crippen LogP contribution in [-0.2, 0) is 0 Å². The third kappa shape index (κ3) is 1.91. The van der Waals surface area contributed by atoms with E-state index in [2.05, 4.69) is 15.9 Å². The number of ether oxygens (including phenoxy) is 1. The lowest BCUT2D eigenvalue weighted by molar-refractivity contribution is 0.0614. The molecule has 4 heteroatoms. The molecule has 0 N–H and O–H groups in total. The Morgan fingerprint density at radius 1 is 1.47 bits per heavy atom. The fourth-order valence-corrected chi connectivity index (χ4v) is 2.18. The highest BCUT2D eigenvalue weighted by Gasteiger charge is 2.34. The number of fused-ring (bicyclic) bond motifs is 1. The summed E-state index contributed by atoms with van der Waals surface area (Å²) in [6.45, 7) is 3.67. The zero-order valence-electron chi connectivity index (χ0n) is 8.43. The van der Waals surface area contributed by atoms with Crippen molar-refractivity contribution in [3.05, 3.63) is 28.0 Å². The van der Waals surface area contributed by atoms with Crippen molar-refractivity contribution in [1.82, 2.24) is 0 Å². The normalized spacial score (nSPS) is 18.3. The van der Waals surface area contributed by atoms with E-state index >= 15 is 0 Å². The maximum atomic E-state index is 13.1. The number of benzene rings is 1. The molecule has 0 bridgehead atoms. The van der Waals surface area contributed by atoms with E-state index in [1.54, 1.807) is 0 Å². The summed E-state index contributed by atoms with van der Waals surface area (Å²) < 4.78 is 19.2. The van der Waals surface area contributed by atoms with Crippen LogP contribution in [0, 0.1) is 5.82 Å². The second-order valence-corrected chi connectivity index (χ2v) is 5.08. The Labute approximate surface area is 95.6 Å². The van der Waals surface area contributed by atoms with E-state index in [1.807, 2.05) is 13.8 Å². The first-order chi connectivity index (χ1) is 6.89. The van der Waals surface area contributed by atoms with Gasteiger partial charge in [-0.05, 0) is 41.9 Å². The second-order valence-electron chi connectivity index (χ2n) is 4.23. The van der Waals surface area contributed by atoms with Crippen LogP contribution in [0.1, 0.15) is 30.6 Å². The van der Waals surface area contributed by atoms with Gasteiger partial charge < -0.3 is 4.74 Å². The van der Waals surface area contributed by atoms with Crippen molar-refractivity contribution in [2.45, 2.75) is 25.9 Å². The highest BCUT2D eigenvalue weighted by atomic mass is 79.9. The first-order valence-electron chi connectivity index (χ1n) is 4.60. The largest absolute Gasteiger partial charge is 0.485 e. The molecule has 2 rings (SSSR count). The molecule has 1 heterocycles. The number of Topliss-reactive ketones (excluding diaryl/α,β-unsaturated/α-hetero) is 1. The predicted octanol–water partition coefficient (Wildman–Crippen LogP) is 3.33. The average molecular weight is 273 g/mol. The highest BCUT2D eigenvalue weighted by Crippen LogP contribution is 2.38. The topological polar surface area (TPSA) is 26.3 Å². The van der Waals surface area contributed by atoms with Crippen LogP contribution in [0.15, 0.2) is 16.6 Å². The number of ketones is 1. The number of hydrogen-bond acceptors (Lipinski definition) is 2. The molecule has 0 saturated heterocycles. The molecule has 1 aromatic carbocycles. The Morgan fingerprint density at radius 2 is 2.13 bits per heavy atom. The van der Waals surface area contributed by atoms with Crippen LogP contribution in [-0.4, -0.2) is 11.4 Å². The monoisotopic (exact) mass is 272 g/mol. The van der Waals surface area contributed by atoms with Crippen molar-refractivity contribution < 1.29 is 13.9 Å². The Bertz CT molecular complexity index is 440. The van der Waals surface area contributed by atoms with Crippen LogP contribution in [0.5, 0.6) is 5.75 Å². The first-order valence-corrected chi connectivity index (χ1v) is 5.40. The fourth-order valence-electron chi connectivity index (χ4n) is 1.67. The van der Waals surface area contributed by atoms with Gasteiger partial charge in [-0.3, -0.25) is 4.79 Å². The molecule has 1 aliphatic rings. The lowest BCUT2D eigenvalue weighted by atomic mass is 9.93. The van der Waals surface area contributed by atoms with Gasteiger partial charge in [0.05, 0.1) is 16.5 Å². The highest BCUT2D eigenvalue weighted by molar-refractivity contribution is 9.10. The van der Waals surface area contributed by atoms with E-state index in [4.69, 9.17) is 4.74 Å². The molecule has 1 aromatic rings. The van der Waals surface area contributed by atoms with Gasteiger partial charge >= 0.3 is 0 Å². The van der Waals surface area contributed by atoms with Crippen LogP contribution in [0.4, 0.5) is 4.39 Å². The molecule has 0 radical (unpaired) electrons. The second kappa shape index (κ2) is 3.30. The van der Waals surface area contributed by atoms with Crippen molar-refractivity contribution in [2.24, 2.45) is 0 Å². The Kier molecular flexibility index (Phi) is 2.34. The summed E-state index contributed by atoms with van der Waals surface area (Å²) in [4.78, 5) is 11.7. The van der Waals surface area contributed by atoms with Crippen molar-refractivity contribution >= 4 is 21.7 Å². The average Bonchev–Trinajstić information content (AvgIpc) is 2.06. The van der Waals surface area contributed by atoms with E-state index in [0.29, 0.717) is 15.8 Å². The van der Waals surface area contributed by atoms with Gasteiger partial charge in [0.25, 0.3) is 0 Å². The fraction of sp³-hybridized carbons (Fsp3) is 0.364. The van der Waals surface area contributed by atoms with Gasteiger partial charge in [0.15, 0.2) is 5.78 Å². The van der Waals surface area contributed by atoms with Crippen molar-refractivity contribution in [3.63, 3.8) is 0 Å². The summed E-state index contributed by atoms with van der Waals surface area (Å²) in [6.07, 6.45) is 0.274. The number of carbonyl (C=O) groups is 1. The molecule has 0 spiro atoms. The predicted molar refractivity (Wildman–Crippen MR) is 57.8 cm³/mol. The van der Waals surface area contributed by atoms with Crippen molar-refractivity contribution in [1.29, 1.82) is 0 Å². The van der Waals surface area contributed by atoms with Gasteiger partial charge in [-0.15, -0.1) is 0 Å². The number of rotatable bonds is 0. The molecule has 0 unspecified atom stereocenters. The zero-order chi connectivity index (χ0) is 11.2. The third-order valence-electron chi connectivity index (χ3n) is 2.27. The summed E-state index contributed by atoms with van der Waals surface area (Å²) in [5.74, 6) is -0.0728. The summed E-state index contributed by atoms with van der Waals surface area (Å²) in [5, 5.41) is 0. The summed E-state index contributed by atoms with van der Waals surface area (Å²) in [7, 11) is 0. The molecule has 0 fully saturated rings. The number of carbonyl (C=O) groups excluding carboxylic acids is 1. The molecule has 15 heavy (non-hydrogen) atoms. The van der Waals surface area contributed by atoms with Crippen LogP contribution in [0.25, 0.3) is 0 Å². The minimum absolute atomic E-state index is 0.0820. The molecule has 0 atom stereocenters. The maximum Gasteiger partial charge on any atom is 0.170 e. The van der Waals surface area contributed by atoms with Crippen LogP contribution in [0.3, 0.4) is 0 Å². The summed E-state index contributed by atoms with van der Waals surface area (Å²) in [6, 6.07) is 2.52. The summed E-state index contributed by atoms with van der Waals surface area (Å²) >= 11 is 3.19. The maximum absolute atomic E-state index is 13.1. The first kappa shape index (κ1) is 10.6. The minimum atomic E-state index is -0.523. The Balaban J connectivity index is 2.60. The molecule has 0 saturated carbocycles. The summed E-state index contributed by atoms with van der Waals surface area (Å²) in [5.41, 5.74) is -0.203. The molecular formula is C11H10BrFO2. The van der Waals surface area contributed by atoms with E-state index in [0.717, 1.165) is 0 Å². The molecular weight excluding hydrogens is 263 g/mol.